The summed E-state index contributed by atoms with van der Waals surface area (Å²) < 4.78 is 8.00. The van der Waals surface area contributed by atoms with Crippen LogP contribution in [-0.2, 0) is 0 Å². The monoisotopic (exact) mass is 349 g/mol. The van der Waals surface area contributed by atoms with Crippen molar-refractivity contribution in [2.45, 2.75) is 19.0 Å². The fourth-order valence-electron chi connectivity index (χ4n) is 3.01. The number of rotatable bonds is 5. The summed E-state index contributed by atoms with van der Waals surface area (Å²) in [5, 5.41) is 10.7. The molecule has 0 spiro atoms. The highest BCUT2D eigenvalue weighted by Gasteiger charge is 2.09. The minimum absolute atomic E-state index is 0.632. The van der Waals surface area contributed by atoms with Gasteiger partial charge in [0.1, 0.15) is 5.75 Å². The van der Waals surface area contributed by atoms with E-state index >= 15 is 0 Å². The maximum absolute atomic E-state index is 5.89. The van der Waals surface area contributed by atoms with E-state index in [1.165, 1.54) is 16.5 Å². The summed E-state index contributed by atoms with van der Waals surface area (Å²) >= 11 is 1.66. The van der Waals surface area contributed by atoms with Gasteiger partial charge in [0.2, 0.25) is 0 Å². The van der Waals surface area contributed by atoms with Crippen molar-refractivity contribution in [3.8, 4) is 5.75 Å². The molecule has 0 atom stereocenters. The van der Waals surface area contributed by atoms with Crippen molar-refractivity contribution in [3.63, 3.8) is 0 Å². The molecule has 4 rings (SSSR count). The fourth-order valence-corrected chi connectivity index (χ4v) is 3.78. The molecule has 0 fully saturated rings. The van der Waals surface area contributed by atoms with Gasteiger partial charge in [-0.15, -0.1) is 10.2 Å². The number of aryl methyl sites for hydroxylation is 2. The second kappa shape index (κ2) is 6.76. The SMILES string of the molecule is Cc1cc(C)cc(OCCSc2nnc3ccc4ccccc4n23)c1. The Hall–Kier alpha value is -2.53. The third-order valence-corrected chi connectivity index (χ3v) is 4.92. The first-order valence-corrected chi connectivity index (χ1v) is 9.26. The molecular formula is C20H19N3OS. The number of fused-ring (bicyclic) bond motifs is 3. The van der Waals surface area contributed by atoms with Crippen LogP contribution in [0.25, 0.3) is 16.6 Å². The number of aromatic nitrogens is 3. The van der Waals surface area contributed by atoms with Gasteiger partial charge in [0.25, 0.3) is 0 Å². The first kappa shape index (κ1) is 16.0. The highest BCUT2D eigenvalue weighted by molar-refractivity contribution is 7.99. The van der Waals surface area contributed by atoms with Crippen LogP contribution in [0.5, 0.6) is 5.75 Å². The number of pyridine rings is 1. The normalized spacial score (nSPS) is 11.3. The minimum atomic E-state index is 0.632. The number of nitrogens with zero attached hydrogens (tertiary/aromatic N) is 3. The molecule has 0 saturated carbocycles. The van der Waals surface area contributed by atoms with Crippen LogP contribution in [0.1, 0.15) is 11.1 Å². The predicted octanol–water partition coefficient (Wildman–Crippen LogP) is 4.67. The lowest BCUT2D eigenvalue weighted by Crippen LogP contribution is -2.01. The van der Waals surface area contributed by atoms with Gasteiger partial charge in [-0.05, 0) is 60.7 Å². The van der Waals surface area contributed by atoms with E-state index in [4.69, 9.17) is 4.74 Å². The van der Waals surface area contributed by atoms with Gasteiger partial charge in [0, 0.05) is 5.75 Å². The van der Waals surface area contributed by atoms with E-state index in [9.17, 15) is 0 Å². The van der Waals surface area contributed by atoms with Crippen LogP contribution in [0.15, 0.2) is 59.8 Å². The van der Waals surface area contributed by atoms with Crippen molar-refractivity contribution in [3.05, 3.63) is 65.7 Å². The van der Waals surface area contributed by atoms with Crippen molar-refractivity contribution in [1.29, 1.82) is 0 Å². The molecule has 2 aromatic carbocycles. The summed E-state index contributed by atoms with van der Waals surface area (Å²) in [4.78, 5) is 0. The maximum atomic E-state index is 5.89. The van der Waals surface area contributed by atoms with E-state index in [0.717, 1.165) is 27.8 Å². The molecule has 4 nitrogen and oxygen atoms in total. The summed E-state index contributed by atoms with van der Waals surface area (Å²) in [6.07, 6.45) is 0. The highest BCUT2D eigenvalue weighted by Crippen LogP contribution is 2.23. The zero-order chi connectivity index (χ0) is 17.2. The van der Waals surface area contributed by atoms with Gasteiger partial charge >= 0.3 is 0 Å². The van der Waals surface area contributed by atoms with Crippen molar-refractivity contribution >= 4 is 28.3 Å². The van der Waals surface area contributed by atoms with Crippen LogP contribution in [0.2, 0.25) is 0 Å². The first-order valence-electron chi connectivity index (χ1n) is 8.27. The Morgan fingerprint density at radius 2 is 1.76 bits per heavy atom. The van der Waals surface area contributed by atoms with Gasteiger partial charge in [-0.25, -0.2) is 0 Å². The molecule has 2 aromatic heterocycles. The van der Waals surface area contributed by atoms with E-state index in [-0.39, 0.29) is 0 Å². The molecule has 25 heavy (non-hydrogen) atoms. The number of hydrogen-bond acceptors (Lipinski definition) is 4. The molecule has 0 aliphatic rings. The Morgan fingerprint density at radius 1 is 0.960 bits per heavy atom. The largest absolute Gasteiger partial charge is 0.493 e. The smallest absolute Gasteiger partial charge is 0.196 e. The van der Waals surface area contributed by atoms with Crippen molar-refractivity contribution in [2.75, 3.05) is 12.4 Å². The third kappa shape index (κ3) is 3.33. The molecule has 0 saturated heterocycles. The summed E-state index contributed by atoms with van der Waals surface area (Å²) in [6.45, 7) is 4.80. The molecule has 4 aromatic rings. The topological polar surface area (TPSA) is 39.4 Å². The molecule has 0 amide bonds. The molecule has 0 aliphatic heterocycles. The maximum Gasteiger partial charge on any atom is 0.196 e. The lowest BCUT2D eigenvalue weighted by atomic mass is 10.1. The lowest BCUT2D eigenvalue weighted by molar-refractivity contribution is 0.343. The van der Waals surface area contributed by atoms with E-state index < -0.39 is 0 Å². The predicted molar refractivity (Wildman–Crippen MR) is 103 cm³/mol. The van der Waals surface area contributed by atoms with Gasteiger partial charge in [0.05, 0.1) is 12.1 Å². The Labute approximate surface area is 150 Å². The van der Waals surface area contributed by atoms with E-state index in [0.29, 0.717) is 6.61 Å². The molecule has 5 heteroatoms. The minimum Gasteiger partial charge on any atom is -0.493 e. The van der Waals surface area contributed by atoms with Crippen LogP contribution in [0.4, 0.5) is 0 Å². The van der Waals surface area contributed by atoms with E-state index in [1.807, 2.05) is 18.2 Å². The fraction of sp³-hybridized carbons (Fsp3) is 0.200. The van der Waals surface area contributed by atoms with E-state index in [1.54, 1.807) is 11.8 Å². The van der Waals surface area contributed by atoms with Crippen LogP contribution in [0.3, 0.4) is 0 Å². The summed E-state index contributed by atoms with van der Waals surface area (Å²) in [5.41, 5.74) is 4.44. The van der Waals surface area contributed by atoms with Crippen molar-refractivity contribution < 1.29 is 4.74 Å². The molecule has 2 heterocycles. The molecular weight excluding hydrogens is 330 g/mol. The average Bonchev–Trinajstić information content (AvgIpc) is 3.01. The van der Waals surface area contributed by atoms with Crippen LogP contribution in [-0.4, -0.2) is 27.0 Å². The quantitative estimate of drug-likeness (QED) is 0.388. The highest BCUT2D eigenvalue weighted by atomic mass is 32.2. The van der Waals surface area contributed by atoms with Crippen molar-refractivity contribution in [2.24, 2.45) is 0 Å². The average molecular weight is 349 g/mol. The zero-order valence-electron chi connectivity index (χ0n) is 14.3. The molecule has 0 radical (unpaired) electrons. The summed E-state index contributed by atoms with van der Waals surface area (Å²) in [5.74, 6) is 1.74. The standard InChI is InChI=1S/C20H19N3OS/c1-14-11-15(2)13-17(12-14)24-9-10-25-20-22-21-19-8-7-16-5-3-4-6-18(16)23(19)20/h3-8,11-13H,9-10H2,1-2H3. The number of para-hydroxylation sites is 1. The summed E-state index contributed by atoms with van der Waals surface area (Å²) in [7, 11) is 0. The Bertz CT molecular complexity index is 1020. The van der Waals surface area contributed by atoms with Gasteiger partial charge < -0.3 is 4.74 Å². The Morgan fingerprint density at radius 3 is 2.60 bits per heavy atom. The molecule has 0 bridgehead atoms. The molecule has 0 N–H and O–H groups in total. The second-order valence-corrected chi connectivity index (χ2v) is 7.15. The first-order chi connectivity index (χ1) is 12.2. The van der Waals surface area contributed by atoms with Gasteiger partial charge in [-0.3, -0.25) is 4.40 Å². The zero-order valence-corrected chi connectivity index (χ0v) is 15.1. The number of thioether (sulfide) groups is 1. The second-order valence-electron chi connectivity index (χ2n) is 6.09. The van der Waals surface area contributed by atoms with Gasteiger partial charge in [-0.2, -0.15) is 0 Å². The lowest BCUT2D eigenvalue weighted by Gasteiger charge is -2.08. The van der Waals surface area contributed by atoms with Crippen molar-refractivity contribution in [1.82, 2.24) is 14.6 Å². The van der Waals surface area contributed by atoms with Gasteiger partial charge in [0.15, 0.2) is 10.8 Å². The molecule has 0 unspecified atom stereocenters. The third-order valence-electron chi connectivity index (χ3n) is 4.03. The van der Waals surface area contributed by atoms with Crippen LogP contribution >= 0.6 is 11.8 Å². The van der Waals surface area contributed by atoms with Crippen LogP contribution < -0.4 is 4.74 Å². The summed E-state index contributed by atoms with van der Waals surface area (Å²) in [6, 6.07) is 18.7. The van der Waals surface area contributed by atoms with E-state index in [2.05, 4.69) is 64.8 Å². The Balaban J connectivity index is 1.49. The molecule has 126 valence electrons. The number of ether oxygens (including phenoxy) is 1. The molecule has 0 aliphatic carbocycles. The Kier molecular flexibility index (Phi) is 4.32. The van der Waals surface area contributed by atoms with Crippen LogP contribution in [0, 0.1) is 13.8 Å². The number of hydrogen-bond donors (Lipinski definition) is 0. The van der Waals surface area contributed by atoms with Gasteiger partial charge in [-0.1, -0.05) is 36.0 Å². The number of benzene rings is 2.